The minimum absolute atomic E-state index is 0.109. The average molecular weight is 296 g/mol. The fourth-order valence-electron chi connectivity index (χ4n) is 2.34. The van der Waals surface area contributed by atoms with Crippen molar-refractivity contribution in [2.45, 2.75) is 13.8 Å². The van der Waals surface area contributed by atoms with Crippen molar-refractivity contribution >= 4 is 22.7 Å². The first-order chi connectivity index (χ1) is 10.6. The lowest BCUT2D eigenvalue weighted by molar-refractivity contribution is -0.114. The first-order valence-corrected chi connectivity index (χ1v) is 6.90. The molecular formula is C17H16N2O3. The van der Waals surface area contributed by atoms with Crippen LogP contribution in [0.15, 0.2) is 40.8 Å². The number of anilines is 1. The lowest BCUT2D eigenvalue weighted by Gasteiger charge is -2.09. The van der Waals surface area contributed by atoms with Gasteiger partial charge < -0.3 is 14.5 Å². The van der Waals surface area contributed by atoms with Gasteiger partial charge in [-0.3, -0.25) is 4.79 Å². The van der Waals surface area contributed by atoms with E-state index in [1.54, 1.807) is 7.11 Å². The van der Waals surface area contributed by atoms with Crippen LogP contribution in [0.5, 0.6) is 5.75 Å². The summed E-state index contributed by atoms with van der Waals surface area (Å²) in [5.74, 6) is 1.14. The third-order valence-electron chi connectivity index (χ3n) is 3.47. The van der Waals surface area contributed by atoms with Crippen LogP contribution in [-0.2, 0) is 4.79 Å². The highest BCUT2D eigenvalue weighted by Gasteiger charge is 2.13. The van der Waals surface area contributed by atoms with E-state index in [1.165, 1.54) is 6.92 Å². The molecule has 0 spiro atoms. The maximum absolute atomic E-state index is 11.3. The highest BCUT2D eigenvalue weighted by atomic mass is 16.5. The number of ether oxygens (including phenoxy) is 1. The van der Waals surface area contributed by atoms with E-state index in [1.807, 2.05) is 43.3 Å². The maximum atomic E-state index is 11.3. The number of carbonyl (C=O) groups is 1. The monoisotopic (exact) mass is 296 g/mol. The summed E-state index contributed by atoms with van der Waals surface area (Å²) in [6.45, 7) is 3.41. The van der Waals surface area contributed by atoms with Gasteiger partial charge in [0.2, 0.25) is 11.8 Å². The smallest absolute Gasteiger partial charge is 0.227 e. The van der Waals surface area contributed by atoms with Crippen molar-refractivity contribution in [3.8, 4) is 17.2 Å². The second-order valence-electron chi connectivity index (χ2n) is 5.01. The molecule has 112 valence electrons. The van der Waals surface area contributed by atoms with E-state index in [-0.39, 0.29) is 5.91 Å². The molecule has 0 radical (unpaired) electrons. The molecule has 0 bridgehead atoms. The van der Waals surface area contributed by atoms with Crippen LogP contribution >= 0.6 is 0 Å². The van der Waals surface area contributed by atoms with Crippen LogP contribution in [0.1, 0.15) is 12.5 Å². The molecule has 5 nitrogen and oxygen atoms in total. The Morgan fingerprint density at radius 1 is 1.27 bits per heavy atom. The lowest BCUT2D eigenvalue weighted by Crippen LogP contribution is -2.07. The van der Waals surface area contributed by atoms with Gasteiger partial charge in [0.1, 0.15) is 11.3 Å². The molecule has 0 aliphatic rings. The zero-order valence-corrected chi connectivity index (χ0v) is 12.6. The van der Waals surface area contributed by atoms with E-state index in [2.05, 4.69) is 10.3 Å². The van der Waals surface area contributed by atoms with Crippen LogP contribution in [0.25, 0.3) is 22.6 Å². The Labute approximate surface area is 127 Å². The molecule has 0 aliphatic carbocycles. The number of nitrogens with one attached hydrogen (secondary N) is 1. The summed E-state index contributed by atoms with van der Waals surface area (Å²) in [6, 6.07) is 11.1. The van der Waals surface area contributed by atoms with Gasteiger partial charge in [0.25, 0.3) is 0 Å². The molecule has 2 aromatic carbocycles. The van der Waals surface area contributed by atoms with Gasteiger partial charge >= 0.3 is 0 Å². The van der Waals surface area contributed by atoms with Crippen molar-refractivity contribution in [2.24, 2.45) is 0 Å². The number of hydrogen-bond acceptors (Lipinski definition) is 4. The Kier molecular flexibility index (Phi) is 3.55. The summed E-state index contributed by atoms with van der Waals surface area (Å²) in [4.78, 5) is 15.8. The number of aromatic nitrogens is 1. The molecule has 0 fully saturated rings. The molecule has 0 atom stereocenters. The molecule has 0 unspecified atom stereocenters. The van der Waals surface area contributed by atoms with Gasteiger partial charge in [0.05, 0.1) is 7.11 Å². The van der Waals surface area contributed by atoms with Crippen LogP contribution in [0.2, 0.25) is 0 Å². The molecule has 1 aromatic heterocycles. The summed E-state index contributed by atoms with van der Waals surface area (Å²) in [7, 11) is 1.61. The number of methoxy groups -OCH3 is 1. The van der Waals surface area contributed by atoms with E-state index < -0.39 is 0 Å². The van der Waals surface area contributed by atoms with Gasteiger partial charge in [-0.05, 0) is 36.8 Å². The Morgan fingerprint density at radius 2 is 2.09 bits per heavy atom. The number of fused-ring (bicyclic) bond motifs is 1. The van der Waals surface area contributed by atoms with Crippen LogP contribution in [-0.4, -0.2) is 18.0 Å². The third kappa shape index (κ3) is 2.53. The van der Waals surface area contributed by atoms with Gasteiger partial charge in [0, 0.05) is 24.2 Å². The first kappa shape index (κ1) is 14.1. The van der Waals surface area contributed by atoms with Crippen LogP contribution in [0, 0.1) is 6.92 Å². The van der Waals surface area contributed by atoms with Gasteiger partial charge in [-0.1, -0.05) is 6.07 Å². The van der Waals surface area contributed by atoms with E-state index in [0.29, 0.717) is 11.5 Å². The largest absolute Gasteiger partial charge is 0.497 e. The Balaban J connectivity index is 2.09. The lowest BCUT2D eigenvalue weighted by atomic mass is 10.1. The van der Waals surface area contributed by atoms with Crippen molar-refractivity contribution in [2.75, 3.05) is 12.4 Å². The molecule has 1 amide bonds. The van der Waals surface area contributed by atoms with Crippen molar-refractivity contribution < 1.29 is 13.9 Å². The Hall–Kier alpha value is -2.82. The molecule has 1 N–H and O–H groups in total. The summed E-state index contributed by atoms with van der Waals surface area (Å²) < 4.78 is 11.0. The average Bonchev–Trinajstić information content (AvgIpc) is 2.91. The van der Waals surface area contributed by atoms with E-state index in [0.717, 1.165) is 28.1 Å². The van der Waals surface area contributed by atoms with E-state index in [4.69, 9.17) is 9.15 Å². The number of oxazole rings is 1. The normalized spacial score (nSPS) is 10.7. The molecular weight excluding hydrogens is 280 g/mol. The number of benzene rings is 2. The highest BCUT2D eigenvalue weighted by molar-refractivity contribution is 5.91. The zero-order valence-electron chi connectivity index (χ0n) is 12.6. The van der Waals surface area contributed by atoms with E-state index in [9.17, 15) is 4.79 Å². The number of hydrogen-bond donors (Lipinski definition) is 1. The second-order valence-corrected chi connectivity index (χ2v) is 5.01. The third-order valence-corrected chi connectivity index (χ3v) is 3.47. The summed E-state index contributed by atoms with van der Waals surface area (Å²) in [5, 5.41) is 2.81. The quantitative estimate of drug-likeness (QED) is 0.799. The standard InChI is InChI=1S/C17H16N2O3/c1-10-13(5-4-6-14(10)18-11(2)20)17-19-15-9-12(21-3)7-8-16(15)22-17/h4-9H,1-3H3,(H,18,20). The number of rotatable bonds is 3. The van der Waals surface area contributed by atoms with Gasteiger partial charge in [0.15, 0.2) is 5.58 Å². The minimum Gasteiger partial charge on any atom is -0.497 e. The molecule has 1 heterocycles. The molecule has 3 aromatic rings. The molecule has 0 saturated heterocycles. The predicted molar refractivity (Wildman–Crippen MR) is 85.0 cm³/mol. The SMILES string of the molecule is COc1ccc2oc(-c3cccc(NC(C)=O)c3C)nc2c1. The number of nitrogens with zero attached hydrogens (tertiary/aromatic N) is 1. The number of amides is 1. The van der Waals surface area contributed by atoms with Crippen LogP contribution in [0.3, 0.4) is 0 Å². The minimum atomic E-state index is -0.109. The zero-order chi connectivity index (χ0) is 15.7. The molecule has 5 heteroatoms. The maximum Gasteiger partial charge on any atom is 0.227 e. The first-order valence-electron chi connectivity index (χ1n) is 6.90. The van der Waals surface area contributed by atoms with Crippen molar-refractivity contribution in [3.05, 3.63) is 42.0 Å². The van der Waals surface area contributed by atoms with Gasteiger partial charge in [-0.2, -0.15) is 0 Å². The summed E-state index contributed by atoms with van der Waals surface area (Å²) in [5.41, 5.74) is 3.95. The second kappa shape index (κ2) is 5.52. The van der Waals surface area contributed by atoms with Crippen molar-refractivity contribution in [3.63, 3.8) is 0 Å². The van der Waals surface area contributed by atoms with Gasteiger partial charge in [-0.25, -0.2) is 4.98 Å². The Morgan fingerprint density at radius 3 is 2.82 bits per heavy atom. The predicted octanol–water partition coefficient (Wildman–Crippen LogP) is 3.77. The number of carbonyl (C=O) groups excluding carboxylic acids is 1. The highest BCUT2D eigenvalue weighted by Crippen LogP contribution is 2.31. The van der Waals surface area contributed by atoms with Crippen molar-refractivity contribution in [1.82, 2.24) is 4.98 Å². The molecule has 0 aliphatic heterocycles. The summed E-state index contributed by atoms with van der Waals surface area (Å²) >= 11 is 0. The van der Waals surface area contributed by atoms with E-state index >= 15 is 0 Å². The molecule has 0 saturated carbocycles. The van der Waals surface area contributed by atoms with Crippen molar-refractivity contribution in [1.29, 1.82) is 0 Å². The fourth-order valence-corrected chi connectivity index (χ4v) is 2.34. The fraction of sp³-hybridized carbons (Fsp3) is 0.176. The molecule has 22 heavy (non-hydrogen) atoms. The summed E-state index contributed by atoms with van der Waals surface area (Å²) in [6.07, 6.45) is 0. The molecule has 3 rings (SSSR count). The van der Waals surface area contributed by atoms with Gasteiger partial charge in [-0.15, -0.1) is 0 Å². The Bertz CT molecular complexity index is 852. The topological polar surface area (TPSA) is 64.4 Å². The van der Waals surface area contributed by atoms with Crippen LogP contribution in [0.4, 0.5) is 5.69 Å². The van der Waals surface area contributed by atoms with Crippen LogP contribution < -0.4 is 10.1 Å².